The van der Waals surface area contributed by atoms with Crippen LogP contribution in [0.15, 0.2) is 47.4 Å². The number of ether oxygens (including phenoxy) is 1. The number of anilines is 1. The monoisotopic (exact) mass is 382 g/mol. The van der Waals surface area contributed by atoms with Crippen molar-refractivity contribution < 1.29 is 21.9 Å². The van der Waals surface area contributed by atoms with Gasteiger partial charge in [-0.3, -0.25) is 0 Å². The standard InChI is InChI=1S/C18H20F2N2O3S/c1-25-16-6-7-18(17(20)10-16)26(23,24)21-11-13-8-9-22(12-13)15-4-2-14(19)3-5-15/h2-7,10,13,21H,8-9,11-12H2,1H3. The molecular weight excluding hydrogens is 362 g/mol. The van der Waals surface area contributed by atoms with Crippen LogP contribution in [0.1, 0.15) is 6.42 Å². The lowest BCUT2D eigenvalue weighted by atomic mass is 10.1. The van der Waals surface area contributed by atoms with E-state index < -0.39 is 20.7 Å². The normalized spacial score (nSPS) is 17.5. The van der Waals surface area contributed by atoms with Crippen molar-refractivity contribution in [2.75, 3.05) is 31.6 Å². The van der Waals surface area contributed by atoms with Crippen molar-refractivity contribution in [3.05, 3.63) is 54.1 Å². The zero-order chi connectivity index (χ0) is 18.7. The van der Waals surface area contributed by atoms with Gasteiger partial charge in [0.2, 0.25) is 10.0 Å². The van der Waals surface area contributed by atoms with E-state index in [0.717, 1.165) is 24.7 Å². The fourth-order valence-corrected chi connectivity index (χ4v) is 4.19. The number of hydrogen-bond acceptors (Lipinski definition) is 4. The second-order valence-electron chi connectivity index (χ2n) is 6.23. The first-order valence-corrected chi connectivity index (χ1v) is 9.71. The lowest BCUT2D eigenvalue weighted by molar-refractivity contribution is 0.409. The highest BCUT2D eigenvalue weighted by Gasteiger charge is 2.26. The third kappa shape index (κ3) is 4.13. The smallest absolute Gasteiger partial charge is 0.243 e. The fraction of sp³-hybridized carbons (Fsp3) is 0.333. The predicted molar refractivity (Wildman–Crippen MR) is 94.9 cm³/mol. The summed E-state index contributed by atoms with van der Waals surface area (Å²) < 4.78 is 59.1. The second kappa shape index (κ2) is 7.59. The first-order valence-electron chi connectivity index (χ1n) is 8.23. The fourth-order valence-electron chi connectivity index (χ4n) is 3.02. The average molecular weight is 382 g/mol. The molecule has 3 rings (SSSR count). The van der Waals surface area contributed by atoms with Gasteiger partial charge in [0.25, 0.3) is 0 Å². The highest BCUT2D eigenvalue weighted by Crippen LogP contribution is 2.25. The van der Waals surface area contributed by atoms with Crippen LogP contribution in [-0.4, -0.2) is 35.2 Å². The second-order valence-corrected chi connectivity index (χ2v) is 7.96. The van der Waals surface area contributed by atoms with Gasteiger partial charge in [0.1, 0.15) is 22.3 Å². The van der Waals surface area contributed by atoms with Crippen LogP contribution in [0.5, 0.6) is 5.75 Å². The Morgan fingerprint density at radius 3 is 2.58 bits per heavy atom. The minimum absolute atomic E-state index is 0.0936. The van der Waals surface area contributed by atoms with E-state index in [1.54, 1.807) is 12.1 Å². The summed E-state index contributed by atoms with van der Waals surface area (Å²) in [6.45, 7) is 1.62. The topological polar surface area (TPSA) is 58.6 Å². The molecule has 1 fully saturated rings. The highest BCUT2D eigenvalue weighted by molar-refractivity contribution is 7.89. The average Bonchev–Trinajstić information content (AvgIpc) is 3.09. The summed E-state index contributed by atoms with van der Waals surface area (Å²) in [7, 11) is -2.56. The maximum absolute atomic E-state index is 14.0. The molecule has 1 aliphatic heterocycles. The van der Waals surface area contributed by atoms with Gasteiger partial charge in [-0.05, 0) is 48.7 Å². The largest absolute Gasteiger partial charge is 0.497 e. The third-order valence-electron chi connectivity index (χ3n) is 4.47. The molecule has 0 amide bonds. The Balaban J connectivity index is 1.61. The summed E-state index contributed by atoms with van der Waals surface area (Å²) >= 11 is 0. The molecule has 0 spiro atoms. The highest BCUT2D eigenvalue weighted by atomic mass is 32.2. The molecule has 140 valence electrons. The van der Waals surface area contributed by atoms with E-state index in [0.29, 0.717) is 6.54 Å². The zero-order valence-corrected chi connectivity index (χ0v) is 15.1. The maximum Gasteiger partial charge on any atom is 0.243 e. The minimum atomic E-state index is -3.94. The van der Waals surface area contributed by atoms with Crippen molar-refractivity contribution >= 4 is 15.7 Å². The number of nitrogens with one attached hydrogen (secondary N) is 1. The molecule has 26 heavy (non-hydrogen) atoms. The summed E-state index contributed by atoms with van der Waals surface area (Å²) in [5.41, 5.74) is 0.901. The van der Waals surface area contributed by atoms with Crippen LogP contribution in [0, 0.1) is 17.6 Å². The Morgan fingerprint density at radius 2 is 1.92 bits per heavy atom. The molecular formula is C18H20F2N2O3S. The summed E-state index contributed by atoms with van der Waals surface area (Å²) in [6, 6.07) is 9.85. The van der Waals surface area contributed by atoms with Crippen molar-refractivity contribution in [3.63, 3.8) is 0 Å². The van der Waals surface area contributed by atoms with Gasteiger partial charge < -0.3 is 9.64 Å². The van der Waals surface area contributed by atoms with Gasteiger partial charge in [0.05, 0.1) is 7.11 Å². The van der Waals surface area contributed by atoms with Gasteiger partial charge in [0, 0.05) is 31.4 Å². The Morgan fingerprint density at radius 1 is 1.19 bits per heavy atom. The van der Waals surface area contributed by atoms with E-state index in [1.165, 1.54) is 31.4 Å². The number of nitrogens with zero attached hydrogens (tertiary/aromatic N) is 1. The minimum Gasteiger partial charge on any atom is -0.497 e. The van der Waals surface area contributed by atoms with Crippen LogP contribution in [0.4, 0.5) is 14.5 Å². The van der Waals surface area contributed by atoms with Crippen LogP contribution in [0.3, 0.4) is 0 Å². The first kappa shape index (κ1) is 18.6. The van der Waals surface area contributed by atoms with Crippen LogP contribution in [-0.2, 0) is 10.0 Å². The Hall–Kier alpha value is -2.19. The van der Waals surface area contributed by atoms with E-state index in [-0.39, 0.29) is 24.0 Å². The van der Waals surface area contributed by atoms with Crippen LogP contribution < -0.4 is 14.4 Å². The van der Waals surface area contributed by atoms with Crippen molar-refractivity contribution in [2.45, 2.75) is 11.3 Å². The number of rotatable bonds is 6. The molecule has 2 aromatic rings. The van der Waals surface area contributed by atoms with Gasteiger partial charge in [-0.25, -0.2) is 21.9 Å². The predicted octanol–water partition coefficient (Wildman–Crippen LogP) is 2.78. The summed E-state index contributed by atoms with van der Waals surface area (Å²) in [6.07, 6.45) is 0.797. The molecule has 0 bridgehead atoms. The van der Waals surface area contributed by atoms with E-state index in [9.17, 15) is 17.2 Å². The van der Waals surface area contributed by atoms with Gasteiger partial charge in [-0.2, -0.15) is 0 Å². The lowest BCUT2D eigenvalue weighted by Gasteiger charge is -2.19. The molecule has 1 atom stereocenters. The molecule has 1 aliphatic rings. The number of methoxy groups -OCH3 is 1. The number of hydrogen-bond donors (Lipinski definition) is 1. The molecule has 1 unspecified atom stereocenters. The zero-order valence-electron chi connectivity index (χ0n) is 14.3. The summed E-state index contributed by atoms with van der Waals surface area (Å²) in [5, 5.41) is 0. The molecule has 0 aliphatic carbocycles. The molecule has 8 heteroatoms. The van der Waals surface area contributed by atoms with Crippen molar-refractivity contribution in [3.8, 4) is 5.75 Å². The maximum atomic E-state index is 14.0. The third-order valence-corrected chi connectivity index (χ3v) is 5.93. The van der Waals surface area contributed by atoms with E-state index in [4.69, 9.17) is 4.74 Å². The molecule has 1 heterocycles. The van der Waals surface area contributed by atoms with E-state index in [2.05, 4.69) is 9.62 Å². The Bertz CT molecular complexity index is 873. The summed E-state index contributed by atoms with van der Waals surface area (Å²) in [5.74, 6) is -0.793. The SMILES string of the molecule is COc1ccc(S(=O)(=O)NCC2CCN(c3ccc(F)cc3)C2)c(F)c1. The molecule has 1 saturated heterocycles. The first-order chi connectivity index (χ1) is 12.4. The number of benzene rings is 2. The van der Waals surface area contributed by atoms with Crippen LogP contribution in [0.2, 0.25) is 0 Å². The van der Waals surface area contributed by atoms with Gasteiger partial charge in [0.15, 0.2) is 0 Å². The Kier molecular flexibility index (Phi) is 5.43. The molecule has 0 radical (unpaired) electrons. The van der Waals surface area contributed by atoms with Gasteiger partial charge in [-0.15, -0.1) is 0 Å². The van der Waals surface area contributed by atoms with Crippen molar-refractivity contribution in [1.29, 1.82) is 0 Å². The molecule has 2 aromatic carbocycles. The van der Waals surface area contributed by atoms with Crippen LogP contribution >= 0.6 is 0 Å². The molecule has 1 N–H and O–H groups in total. The van der Waals surface area contributed by atoms with E-state index >= 15 is 0 Å². The number of halogens is 2. The quantitative estimate of drug-likeness (QED) is 0.835. The van der Waals surface area contributed by atoms with Gasteiger partial charge >= 0.3 is 0 Å². The van der Waals surface area contributed by atoms with E-state index in [1.807, 2.05) is 0 Å². The summed E-state index contributed by atoms with van der Waals surface area (Å²) in [4.78, 5) is 1.68. The van der Waals surface area contributed by atoms with Crippen molar-refractivity contribution in [1.82, 2.24) is 4.72 Å². The number of sulfonamides is 1. The lowest BCUT2D eigenvalue weighted by Crippen LogP contribution is -2.31. The Labute approximate surface area is 151 Å². The molecule has 0 saturated carbocycles. The molecule has 5 nitrogen and oxygen atoms in total. The van der Waals surface area contributed by atoms with Crippen LogP contribution in [0.25, 0.3) is 0 Å². The molecule has 0 aromatic heterocycles. The van der Waals surface area contributed by atoms with Crippen molar-refractivity contribution in [2.24, 2.45) is 5.92 Å². The van der Waals surface area contributed by atoms with Gasteiger partial charge in [-0.1, -0.05) is 0 Å².